The number of hydrogen-bond donors (Lipinski definition) is 3. The molecule has 0 aromatic rings. The van der Waals surface area contributed by atoms with Crippen LogP contribution in [-0.2, 0) is 4.79 Å². The van der Waals surface area contributed by atoms with Crippen molar-refractivity contribution >= 4 is 5.97 Å². The smallest absolute Gasteiger partial charge is 0.303 e. The maximum Gasteiger partial charge on any atom is 0.303 e. The average molecular weight is 174 g/mol. The van der Waals surface area contributed by atoms with E-state index < -0.39 is 11.8 Å². The normalized spacial score (nSPS) is 11.2. The maximum atomic E-state index is 10.1. The van der Waals surface area contributed by atoms with E-state index in [1.165, 1.54) is 6.08 Å². The molecule has 0 aliphatic heterocycles. The third kappa shape index (κ3) is 5.88. The zero-order chi connectivity index (χ0) is 9.61. The second kappa shape index (κ2) is 4.90. The van der Waals surface area contributed by atoms with Crippen LogP contribution < -0.4 is 0 Å². The van der Waals surface area contributed by atoms with Gasteiger partial charge in [-0.25, -0.2) is 0 Å². The highest BCUT2D eigenvalue weighted by molar-refractivity contribution is 5.66. The molecule has 0 unspecified atom stereocenters. The summed E-state index contributed by atoms with van der Waals surface area (Å²) in [5.41, 5.74) is 0. The van der Waals surface area contributed by atoms with E-state index in [-0.39, 0.29) is 25.7 Å². The first kappa shape index (κ1) is 11.1. The number of hydrogen-bond acceptors (Lipinski definition) is 3. The summed E-state index contributed by atoms with van der Waals surface area (Å²) in [6.45, 7) is 3.35. The lowest BCUT2D eigenvalue weighted by atomic mass is 10.1. The second-order valence-corrected chi connectivity index (χ2v) is 2.72. The summed E-state index contributed by atoms with van der Waals surface area (Å²) >= 11 is 0. The Morgan fingerprint density at radius 3 is 2.50 bits per heavy atom. The van der Waals surface area contributed by atoms with Crippen LogP contribution in [0, 0.1) is 0 Å². The van der Waals surface area contributed by atoms with Crippen molar-refractivity contribution in [2.24, 2.45) is 0 Å². The van der Waals surface area contributed by atoms with Crippen molar-refractivity contribution in [3.05, 3.63) is 12.7 Å². The predicted molar refractivity (Wildman–Crippen MR) is 43.5 cm³/mol. The Morgan fingerprint density at radius 1 is 1.50 bits per heavy atom. The second-order valence-electron chi connectivity index (χ2n) is 2.72. The molecule has 0 bridgehead atoms. The van der Waals surface area contributed by atoms with Crippen LogP contribution in [0.25, 0.3) is 0 Å². The Bertz CT molecular complexity index is 162. The van der Waals surface area contributed by atoms with Gasteiger partial charge in [-0.3, -0.25) is 4.79 Å². The maximum absolute atomic E-state index is 10.1. The minimum Gasteiger partial charge on any atom is -0.481 e. The van der Waals surface area contributed by atoms with Gasteiger partial charge in [-0.2, -0.15) is 0 Å². The third-order valence-corrected chi connectivity index (χ3v) is 1.44. The van der Waals surface area contributed by atoms with Gasteiger partial charge in [0, 0.05) is 19.3 Å². The predicted octanol–water partition coefficient (Wildman–Crippen LogP) is 0.498. The molecule has 3 N–H and O–H groups in total. The summed E-state index contributed by atoms with van der Waals surface area (Å²) in [7, 11) is 0. The van der Waals surface area contributed by atoms with Gasteiger partial charge in [0.15, 0.2) is 5.79 Å². The zero-order valence-electron chi connectivity index (χ0n) is 6.86. The molecule has 0 aliphatic rings. The third-order valence-electron chi connectivity index (χ3n) is 1.44. The summed E-state index contributed by atoms with van der Waals surface area (Å²) in [6, 6.07) is 0. The van der Waals surface area contributed by atoms with Gasteiger partial charge >= 0.3 is 5.97 Å². The highest BCUT2D eigenvalue weighted by Crippen LogP contribution is 2.14. The molecule has 0 aromatic heterocycles. The highest BCUT2D eigenvalue weighted by Gasteiger charge is 2.20. The first-order valence-corrected chi connectivity index (χ1v) is 3.75. The van der Waals surface area contributed by atoms with E-state index >= 15 is 0 Å². The first-order valence-electron chi connectivity index (χ1n) is 3.75. The number of carboxylic acids is 1. The minimum absolute atomic E-state index is 0.0417. The van der Waals surface area contributed by atoms with Crippen LogP contribution >= 0.6 is 0 Å². The van der Waals surface area contributed by atoms with Crippen molar-refractivity contribution in [1.29, 1.82) is 0 Å². The monoisotopic (exact) mass is 174 g/mol. The lowest BCUT2D eigenvalue weighted by Gasteiger charge is -2.18. The van der Waals surface area contributed by atoms with Crippen LogP contribution in [0.3, 0.4) is 0 Å². The van der Waals surface area contributed by atoms with Crippen molar-refractivity contribution in [2.45, 2.75) is 31.5 Å². The number of aliphatic carboxylic acids is 1. The highest BCUT2D eigenvalue weighted by atomic mass is 16.5. The van der Waals surface area contributed by atoms with Crippen molar-refractivity contribution in [3.8, 4) is 0 Å². The molecule has 0 aromatic carbocycles. The number of aliphatic hydroxyl groups is 2. The molecule has 4 nitrogen and oxygen atoms in total. The average Bonchev–Trinajstić information content (AvgIpc) is 1.85. The van der Waals surface area contributed by atoms with Crippen molar-refractivity contribution < 1.29 is 20.1 Å². The van der Waals surface area contributed by atoms with Gasteiger partial charge in [-0.1, -0.05) is 6.08 Å². The summed E-state index contributed by atoms with van der Waals surface area (Å²) in [5, 5.41) is 26.5. The molecule has 0 radical (unpaired) electrons. The van der Waals surface area contributed by atoms with Gasteiger partial charge in [0.2, 0.25) is 0 Å². The summed E-state index contributed by atoms with van der Waals surface area (Å²) in [5.74, 6) is -2.72. The Hall–Kier alpha value is -0.870. The van der Waals surface area contributed by atoms with Gasteiger partial charge in [0.1, 0.15) is 0 Å². The molecular weight excluding hydrogens is 160 g/mol. The van der Waals surface area contributed by atoms with E-state index in [0.29, 0.717) is 0 Å². The number of rotatable bonds is 6. The van der Waals surface area contributed by atoms with E-state index in [1.54, 1.807) is 0 Å². The van der Waals surface area contributed by atoms with Gasteiger partial charge in [-0.05, 0) is 6.42 Å². The molecule has 0 atom stereocenters. The van der Waals surface area contributed by atoms with Gasteiger partial charge < -0.3 is 15.3 Å². The van der Waals surface area contributed by atoms with E-state index in [0.717, 1.165) is 0 Å². The van der Waals surface area contributed by atoms with Crippen molar-refractivity contribution in [1.82, 2.24) is 0 Å². The fourth-order valence-corrected chi connectivity index (χ4v) is 0.856. The lowest BCUT2D eigenvalue weighted by Crippen LogP contribution is -2.27. The molecule has 0 aliphatic carbocycles. The van der Waals surface area contributed by atoms with Crippen molar-refractivity contribution in [3.63, 3.8) is 0 Å². The van der Waals surface area contributed by atoms with Gasteiger partial charge in [-0.15, -0.1) is 6.58 Å². The topological polar surface area (TPSA) is 77.8 Å². The van der Waals surface area contributed by atoms with Gasteiger partial charge in [0.05, 0.1) is 0 Å². The first-order chi connectivity index (χ1) is 5.48. The Labute approximate surface area is 71.1 Å². The SMILES string of the molecule is C=CCC(O)(O)CCCC(=O)O. The van der Waals surface area contributed by atoms with Crippen LogP contribution in [0.5, 0.6) is 0 Å². The molecule has 0 saturated heterocycles. The fraction of sp³-hybridized carbons (Fsp3) is 0.625. The van der Waals surface area contributed by atoms with Crippen LogP contribution in [0.4, 0.5) is 0 Å². The number of carboxylic acid groups (broad SMARTS) is 1. The van der Waals surface area contributed by atoms with Crippen LogP contribution in [0.1, 0.15) is 25.7 Å². The fourth-order valence-electron chi connectivity index (χ4n) is 0.856. The van der Waals surface area contributed by atoms with Gasteiger partial charge in [0.25, 0.3) is 0 Å². The molecular formula is C8H14O4. The van der Waals surface area contributed by atoms with E-state index in [2.05, 4.69) is 6.58 Å². The number of carbonyl (C=O) groups is 1. The summed E-state index contributed by atoms with van der Waals surface area (Å²) in [4.78, 5) is 10.1. The summed E-state index contributed by atoms with van der Waals surface area (Å²) < 4.78 is 0. The molecule has 0 rings (SSSR count). The molecule has 4 heteroatoms. The van der Waals surface area contributed by atoms with Crippen LogP contribution in [-0.4, -0.2) is 27.1 Å². The van der Waals surface area contributed by atoms with E-state index in [1.807, 2.05) is 0 Å². The van der Waals surface area contributed by atoms with Crippen LogP contribution in [0.2, 0.25) is 0 Å². The molecule has 12 heavy (non-hydrogen) atoms. The lowest BCUT2D eigenvalue weighted by molar-refractivity contribution is -0.164. The molecule has 0 amide bonds. The Kier molecular flexibility index (Phi) is 4.54. The molecule has 0 fully saturated rings. The summed E-state index contributed by atoms with van der Waals surface area (Å²) in [6.07, 6.45) is 1.73. The van der Waals surface area contributed by atoms with E-state index in [9.17, 15) is 4.79 Å². The molecule has 70 valence electrons. The molecule has 0 spiro atoms. The minimum atomic E-state index is -1.79. The van der Waals surface area contributed by atoms with Crippen molar-refractivity contribution in [2.75, 3.05) is 0 Å². The van der Waals surface area contributed by atoms with E-state index in [4.69, 9.17) is 15.3 Å². The quantitative estimate of drug-likeness (QED) is 0.404. The Morgan fingerprint density at radius 2 is 2.08 bits per heavy atom. The Balaban J connectivity index is 3.60. The molecule has 0 heterocycles. The van der Waals surface area contributed by atoms with Crippen LogP contribution in [0.15, 0.2) is 12.7 Å². The largest absolute Gasteiger partial charge is 0.481 e. The molecule has 0 saturated carbocycles. The standard InChI is InChI=1S/C8H14O4/c1-2-5-8(11,12)6-3-4-7(9)10/h2,11-12H,1,3-6H2,(H,9,10). The zero-order valence-corrected chi connectivity index (χ0v) is 6.86.